The van der Waals surface area contributed by atoms with Crippen molar-refractivity contribution >= 4 is 27.1 Å². The van der Waals surface area contributed by atoms with Gasteiger partial charge in [-0.15, -0.1) is 0 Å². The van der Waals surface area contributed by atoms with E-state index in [9.17, 15) is 13.2 Å². The van der Waals surface area contributed by atoms with Crippen LogP contribution in [-0.2, 0) is 16.3 Å². The second-order valence-corrected chi connectivity index (χ2v) is 9.83. The number of pyridine rings is 1. The first-order valence-corrected chi connectivity index (χ1v) is 11.6. The number of para-hydroxylation sites is 1. The predicted molar refractivity (Wildman–Crippen MR) is 111 cm³/mol. The molecule has 1 fully saturated rings. The highest BCUT2D eigenvalue weighted by Gasteiger charge is 2.33. The molecule has 7 heteroatoms. The van der Waals surface area contributed by atoms with Gasteiger partial charge in [-0.25, -0.2) is 13.4 Å². The first-order chi connectivity index (χ1) is 13.4. The Hall–Kier alpha value is -2.41. The van der Waals surface area contributed by atoms with E-state index in [1.54, 1.807) is 12.3 Å². The third kappa shape index (κ3) is 3.39. The average Bonchev–Trinajstić information content (AvgIpc) is 3.20. The summed E-state index contributed by atoms with van der Waals surface area (Å²) in [5.41, 5.74) is 3.40. The van der Waals surface area contributed by atoms with Gasteiger partial charge in [-0.3, -0.25) is 4.79 Å². The number of sulfone groups is 1. The van der Waals surface area contributed by atoms with Crippen molar-refractivity contribution in [3.63, 3.8) is 0 Å². The Balaban J connectivity index is 1.55. The zero-order valence-corrected chi connectivity index (χ0v) is 17.0. The van der Waals surface area contributed by atoms with Crippen LogP contribution >= 0.6 is 0 Å². The van der Waals surface area contributed by atoms with Crippen LogP contribution in [0.5, 0.6) is 0 Å². The summed E-state index contributed by atoms with van der Waals surface area (Å²) in [5, 5.41) is 0. The molecular formula is C21H25N3O3S. The lowest BCUT2D eigenvalue weighted by Gasteiger charge is -2.29. The number of anilines is 2. The fourth-order valence-corrected chi connectivity index (χ4v) is 6.08. The highest BCUT2D eigenvalue weighted by molar-refractivity contribution is 7.91. The number of aromatic nitrogens is 1. The van der Waals surface area contributed by atoms with Crippen molar-refractivity contribution in [2.45, 2.75) is 38.8 Å². The van der Waals surface area contributed by atoms with E-state index >= 15 is 0 Å². The number of rotatable bonds is 4. The van der Waals surface area contributed by atoms with Crippen LogP contribution in [0.4, 0.5) is 11.4 Å². The maximum atomic E-state index is 13.1. The van der Waals surface area contributed by atoms with E-state index < -0.39 is 9.84 Å². The summed E-state index contributed by atoms with van der Waals surface area (Å²) in [6.45, 7) is 4.75. The van der Waals surface area contributed by atoms with Crippen molar-refractivity contribution in [3.8, 4) is 0 Å². The van der Waals surface area contributed by atoms with E-state index in [4.69, 9.17) is 0 Å². The lowest BCUT2D eigenvalue weighted by Crippen LogP contribution is -2.37. The Morgan fingerprint density at radius 3 is 2.68 bits per heavy atom. The first kappa shape index (κ1) is 18.9. The van der Waals surface area contributed by atoms with Gasteiger partial charge in [0.1, 0.15) is 5.69 Å². The molecule has 1 aromatic heterocycles. The molecule has 4 rings (SSSR count). The van der Waals surface area contributed by atoms with Crippen molar-refractivity contribution < 1.29 is 13.2 Å². The summed E-state index contributed by atoms with van der Waals surface area (Å²) in [7, 11) is -2.95. The molecule has 2 unspecified atom stereocenters. The molecule has 0 saturated carbocycles. The number of fused-ring (bicyclic) bond motifs is 1. The Labute approximate surface area is 166 Å². The molecule has 2 aromatic rings. The molecule has 0 aliphatic carbocycles. The molecule has 0 radical (unpaired) electrons. The summed E-state index contributed by atoms with van der Waals surface area (Å²) < 4.78 is 23.6. The summed E-state index contributed by atoms with van der Waals surface area (Å²) in [5.74, 6) is 0.323. The van der Waals surface area contributed by atoms with E-state index in [0.717, 1.165) is 17.8 Å². The van der Waals surface area contributed by atoms with Gasteiger partial charge in [0.05, 0.1) is 23.4 Å². The predicted octanol–water partition coefficient (Wildman–Crippen LogP) is 2.69. The van der Waals surface area contributed by atoms with Crippen LogP contribution in [0, 0.1) is 0 Å². The molecule has 2 aliphatic rings. The molecule has 0 bridgehead atoms. The van der Waals surface area contributed by atoms with Crippen molar-refractivity contribution in [3.05, 3.63) is 53.9 Å². The molecule has 28 heavy (non-hydrogen) atoms. The molecule has 1 amide bonds. The van der Waals surface area contributed by atoms with Gasteiger partial charge in [-0.2, -0.15) is 0 Å². The largest absolute Gasteiger partial charge is 0.367 e. The monoisotopic (exact) mass is 399 g/mol. The number of benzene rings is 1. The SMILES string of the molecule is CCN(c1ccc(C(=O)N2c3ccccc3CC2C)nc1)C1CCS(=O)(=O)C1. The van der Waals surface area contributed by atoms with Gasteiger partial charge in [0.25, 0.3) is 5.91 Å². The number of amides is 1. The number of hydrogen-bond donors (Lipinski definition) is 0. The van der Waals surface area contributed by atoms with Gasteiger partial charge in [-0.05, 0) is 50.5 Å². The Bertz CT molecular complexity index is 988. The molecular weight excluding hydrogens is 374 g/mol. The molecule has 148 valence electrons. The second-order valence-electron chi connectivity index (χ2n) is 7.60. The van der Waals surface area contributed by atoms with Crippen molar-refractivity contribution in [1.82, 2.24) is 4.98 Å². The van der Waals surface area contributed by atoms with E-state index in [1.807, 2.05) is 43.0 Å². The van der Waals surface area contributed by atoms with Crippen LogP contribution in [0.15, 0.2) is 42.6 Å². The van der Waals surface area contributed by atoms with E-state index in [1.165, 1.54) is 5.56 Å². The van der Waals surface area contributed by atoms with E-state index in [2.05, 4.69) is 16.0 Å². The highest BCUT2D eigenvalue weighted by Crippen LogP contribution is 2.33. The van der Waals surface area contributed by atoms with Gasteiger partial charge in [0, 0.05) is 24.3 Å². The zero-order chi connectivity index (χ0) is 19.9. The van der Waals surface area contributed by atoms with Crippen molar-refractivity contribution in [2.75, 3.05) is 27.9 Å². The third-order valence-electron chi connectivity index (χ3n) is 5.71. The van der Waals surface area contributed by atoms with Crippen LogP contribution in [0.2, 0.25) is 0 Å². The fraction of sp³-hybridized carbons (Fsp3) is 0.429. The summed E-state index contributed by atoms with van der Waals surface area (Å²) >= 11 is 0. The van der Waals surface area contributed by atoms with Crippen molar-refractivity contribution in [2.24, 2.45) is 0 Å². The molecule has 1 saturated heterocycles. The zero-order valence-electron chi connectivity index (χ0n) is 16.2. The summed E-state index contributed by atoms with van der Waals surface area (Å²) in [6, 6.07) is 11.7. The summed E-state index contributed by atoms with van der Waals surface area (Å²) in [6.07, 6.45) is 3.17. The number of carbonyl (C=O) groups is 1. The van der Waals surface area contributed by atoms with E-state index in [-0.39, 0.29) is 29.5 Å². The summed E-state index contributed by atoms with van der Waals surface area (Å²) in [4.78, 5) is 21.4. The highest BCUT2D eigenvalue weighted by atomic mass is 32.2. The topological polar surface area (TPSA) is 70.6 Å². The van der Waals surface area contributed by atoms with Gasteiger partial charge < -0.3 is 9.80 Å². The van der Waals surface area contributed by atoms with Crippen LogP contribution in [0.3, 0.4) is 0 Å². The Morgan fingerprint density at radius 1 is 1.25 bits per heavy atom. The Morgan fingerprint density at radius 2 is 2.04 bits per heavy atom. The third-order valence-corrected chi connectivity index (χ3v) is 7.46. The van der Waals surface area contributed by atoms with Crippen LogP contribution < -0.4 is 9.80 Å². The average molecular weight is 400 g/mol. The van der Waals surface area contributed by atoms with Crippen LogP contribution in [0.1, 0.15) is 36.3 Å². The molecule has 0 spiro atoms. The van der Waals surface area contributed by atoms with Crippen molar-refractivity contribution in [1.29, 1.82) is 0 Å². The second kappa shape index (κ2) is 7.20. The molecule has 6 nitrogen and oxygen atoms in total. The number of hydrogen-bond acceptors (Lipinski definition) is 5. The van der Waals surface area contributed by atoms with Gasteiger partial charge in [0.2, 0.25) is 0 Å². The van der Waals surface area contributed by atoms with Crippen LogP contribution in [0.25, 0.3) is 0 Å². The smallest absolute Gasteiger partial charge is 0.277 e. The van der Waals surface area contributed by atoms with E-state index in [0.29, 0.717) is 18.7 Å². The van der Waals surface area contributed by atoms with Gasteiger partial charge in [0.15, 0.2) is 9.84 Å². The lowest BCUT2D eigenvalue weighted by molar-refractivity contribution is 0.0976. The quantitative estimate of drug-likeness (QED) is 0.791. The minimum absolute atomic E-state index is 0.0242. The molecule has 1 aromatic carbocycles. The first-order valence-electron chi connectivity index (χ1n) is 9.74. The molecule has 2 aliphatic heterocycles. The maximum Gasteiger partial charge on any atom is 0.277 e. The minimum atomic E-state index is -2.95. The maximum absolute atomic E-state index is 13.1. The van der Waals surface area contributed by atoms with Gasteiger partial charge >= 0.3 is 0 Å². The normalized spacial score (nSPS) is 22.9. The fourth-order valence-electron chi connectivity index (χ4n) is 4.35. The number of carbonyl (C=O) groups excluding carboxylic acids is 1. The molecule has 3 heterocycles. The van der Waals surface area contributed by atoms with Gasteiger partial charge in [-0.1, -0.05) is 18.2 Å². The Kier molecular flexibility index (Phi) is 4.87. The lowest BCUT2D eigenvalue weighted by atomic mass is 10.1. The molecule has 0 N–H and O–H groups in total. The standard InChI is InChI=1S/C21H25N3O3S/c1-3-23(18-10-11-28(26,27)14-18)17-8-9-19(22-13-17)21(25)24-15(2)12-16-6-4-5-7-20(16)24/h4-9,13,15,18H,3,10-12,14H2,1-2H3. The molecule has 2 atom stereocenters. The number of nitrogens with zero attached hydrogens (tertiary/aromatic N) is 3. The van der Waals surface area contributed by atoms with Crippen LogP contribution in [-0.4, -0.2) is 49.4 Å². The minimum Gasteiger partial charge on any atom is -0.367 e.